The van der Waals surface area contributed by atoms with Crippen molar-refractivity contribution in [2.75, 3.05) is 39.3 Å². The van der Waals surface area contributed by atoms with Gasteiger partial charge in [-0.15, -0.1) is 0 Å². The number of nitrogens with zero attached hydrogens (tertiary/aromatic N) is 2. The van der Waals surface area contributed by atoms with Crippen molar-refractivity contribution in [2.24, 2.45) is 5.73 Å². The fourth-order valence-electron chi connectivity index (χ4n) is 2.69. The normalized spacial score (nSPS) is 27.1. The van der Waals surface area contributed by atoms with Gasteiger partial charge in [0, 0.05) is 45.3 Å². The molecule has 3 heteroatoms. The Bertz CT molecular complexity index is 349. The van der Waals surface area contributed by atoms with Gasteiger partial charge in [0.25, 0.3) is 0 Å². The van der Waals surface area contributed by atoms with E-state index in [4.69, 9.17) is 5.73 Å². The average Bonchev–Trinajstić information content (AvgIpc) is 2.54. The molecule has 3 nitrogen and oxygen atoms in total. The van der Waals surface area contributed by atoms with Crippen LogP contribution in [-0.2, 0) is 0 Å². The predicted molar refractivity (Wildman–Crippen MR) is 77.5 cm³/mol. The first-order valence-corrected chi connectivity index (χ1v) is 6.90. The van der Waals surface area contributed by atoms with E-state index >= 15 is 0 Å². The second-order valence-electron chi connectivity index (χ2n) is 5.28. The van der Waals surface area contributed by atoms with E-state index in [1.807, 2.05) is 0 Å². The minimum Gasteiger partial charge on any atom is -0.329 e. The van der Waals surface area contributed by atoms with Crippen molar-refractivity contribution < 1.29 is 0 Å². The number of nitrogens with two attached hydrogens (primary N) is 1. The van der Waals surface area contributed by atoms with Crippen molar-refractivity contribution in [1.82, 2.24) is 9.80 Å². The van der Waals surface area contributed by atoms with Gasteiger partial charge in [-0.2, -0.15) is 0 Å². The van der Waals surface area contributed by atoms with E-state index in [1.165, 1.54) is 11.1 Å². The zero-order valence-electron chi connectivity index (χ0n) is 11.4. The molecule has 1 unspecified atom stereocenters. The van der Waals surface area contributed by atoms with Gasteiger partial charge in [0.15, 0.2) is 0 Å². The molecule has 1 aliphatic heterocycles. The lowest BCUT2D eigenvalue weighted by Crippen LogP contribution is -2.51. The Morgan fingerprint density at radius 1 is 1.33 bits per heavy atom. The molecule has 1 fully saturated rings. The summed E-state index contributed by atoms with van der Waals surface area (Å²) in [5, 5.41) is 0. The molecule has 1 saturated heterocycles. The molecule has 0 spiro atoms. The van der Waals surface area contributed by atoms with Gasteiger partial charge in [0.05, 0.1) is 0 Å². The highest BCUT2D eigenvalue weighted by molar-refractivity contribution is 5.30. The maximum absolute atomic E-state index is 5.61. The summed E-state index contributed by atoms with van der Waals surface area (Å²) in [6.07, 6.45) is 7.81. The van der Waals surface area contributed by atoms with Gasteiger partial charge in [0.2, 0.25) is 0 Å². The lowest BCUT2D eigenvalue weighted by atomic mass is 10.0. The third-order valence-electron chi connectivity index (χ3n) is 3.89. The van der Waals surface area contributed by atoms with Crippen LogP contribution in [0.3, 0.4) is 0 Å². The Labute approximate surface area is 111 Å². The smallest absolute Gasteiger partial charge is 0.0495 e. The Morgan fingerprint density at radius 2 is 2.06 bits per heavy atom. The van der Waals surface area contributed by atoms with Crippen molar-refractivity contribution in [1.29, 1.82) is 0 Å². The molecule has 0 aromatic carbocycles. The maximum Gasteiger partial charge on any atom is 0.0495 e. The van der Waals surface area contributed by atoms with Crippen molar-refractivity contribution in [3.63, 3.8) is 0 Å². The van der Waals surface area contributed by atoms with Crippen LogP contribution in [0.2, 0.25) is 0 Å². The van der Waals surface area contributed by atoms with Gasteiger partial charge in [-0.05, 0) is 13.3 Å². The van der Waals surface area contributed by atoms with E-state index in [0.29, 0.717) is 6.04 Å². The minimum atomic E-state index is 0.415. The number of hydrogen-bond donors (Lipinski definition) is 1. The fraction of sp³-hybridized carbons (Fsp3) is 0.600. The first-order chi connectivity index (χ1) is 8.70. The summed E-state index contributed by atoms with van der Waals surface area (Å²) in [4.78, 5) is 4.99. The summed E-state index contributed by atoms with van der Waals surface area (Å²) in [5.41, 5.74) is 8.27. The largest absolute Gasteiger partial charge is 0.329 e. The summed E-state index contributed by atoms with van der Waals surface area (Å²) in [6.45, 7) is 12.7. The van der Waals surface area contributed by atoms with Crippen molar-refractivity contribution >= 4 is 0 Å². The van der Waals surface area contributed by atoms with E-state index in [0.717, 1.165) is 45.7 Å². The van der Waals surface area contributed by atoms with Gasteiger partial charge in [0.1, 0.15) is 0 Å². The Hall–Kier alpha value is -0.900. The highest BCUT2D eigenvalue weighted by atomic mass is 15.3. The molecule has 0 bridgehead atoms. The van der Waals surface area contributed by atoms with Crippen LogP contribution in [0.4, 0.5) is 0 Å². The summed E-state index contributed by atoms with van der Waals surface area (Å²) >= 11 is 0. The van der Waals surface area contributed by atoms with Crippen LogP contribution in [0, 0.1) is 0 Å². The van der Waals surface area contributed by atoms with Crippen LogP contribution in [0.25, 0.3) is 0 Å². The van der Waals surface area contributed by atoms with E-state index in [-0.39, 0.29) is 0 Å². The number of allylic oxidation sites excluding steroid dienone is 3. The predicted octanol–water partition coefficient (Wildman–Crippen LogP) is 1.39. The van der Waals surface area contributed by atoms with Crippen molar-refractivity contribution in [3.05, 3.63) is 36.0 Å². The molecule has 0 aromatic rings. The van der Waals surface area contributed by atoms with Gasteiger partial charge >= 0.3 is 0 Å². The average molecular weight is 247 g/mol. The molecule has 100 valence electrons. The highest BCUT2D eigenvalue weighted by Crippen LogP contribution is 2.21. The topological polar surface area (TPSA) is 32.5 Å². The molecule has 0 aromatic heterocycles. The monoisotopic (exact) mass is 247 g/mol. The molecule has 0 radical (unpaired) electrons. The Balaban J connectivity index is 1.93. The van der Waals surface area contributed by atoms with Crippen molar-refractivity contribution in [3.8, 4) is 0 Å². The molecule has 2 aliphatic rings. The molecule has 1 atom stereocenters. The summed E-state index contributed by atoms with van der Waals surface area (Å²) in [7, 11) is 0. The number of rotatable bonds is 3. The van der Waals surface area contributed by atoms with Gasteiger partial charge < -0.3 is 5.73 Å². The second kappa shape index (κ2) is 6.32. The number of hydrogen-bond acceptors (Lipinski definition) is 3. The lowest BCUT2D eigenvalue weighted by Gasteiger charge is -2.38. The van der Waals surface area contributed by atoms with E-state index in [2.05, 4.69) is 41.5 Å². The standard InChI is InChI=1S/C15H25N3/c1-13-3-5-14(2)15(6-4-13)18-11-9-17(8-7-16)10-12-18/h3-4,6,15H,2,5,7-12,16H2,1H3. The van der Waals surface area contributed by atoms with Crippen LogP contribution in [0.1, 0.15) is 13.3 Å². The third-order valence-corrected chi connectivity index (χ3v) is 3.89. The lowest BCUT2D eigenvalue weighted by molar-refractivity contribution is 0.124. The molecule has 1 aliphatic carbocycles. The summed E-state index contributed by atoms with van der Waals surface area (Å²) < 4.78 is 0. The van der Waals surface area contributed by atoms with Gasteiger partial charge in [-0.3, -0.25) is 9.80 Å². The van der Waals surface area contributed by atoms with E-state index in [9.17, 15) is 0 Å². The molecule has 1 heterocycles. The molecule has 2 rings (SSSR count). The van der Waals surface area contributed by atoms with Crippen LogP contribution < -0.4 is 5.73 Å². The van der Waals surface area contributed by atoms with E-state index < -0.39 is 0 Å². The van der Waals surface area contributed by atoms with Gasteiger partial charge in [-0.25, -0.2) is 0 Å². The first kappa shape index (κ1) is 13.5. The van der Waals surface area contributed by atoms with Crippen LogP contribution in [0.15, 0.2) is 36.0 Å². The van der Waals surface area contributed by atoms with Gasteiger partial charge in [-0.1, -0.05) is 36.0 Å². The zero-order chi connectivity index (χ0) is 13.0. The molecule has 0 amide bonds. The molecule has 0 saturated carbocycles. The Kier molecular flexibility index (Phi) is 4.75. The third kappa shape index (κ3) is 3.31. The maximum atomic E-state index is 5.61. The quantitative estimate of drug-likeness (QED) is 0.765. The van der Waals surface area contributed by atoms with Crippen LogP contribution in [-0.4, -0.2) is 55.1 Å². The number of piperazine rings is 1. The summed E-state index contributed by atoms with van der Waals surface area (Å²) in [6, 6.07) is 0.415. The van der Waals surface area contributed by atoms with Crippen LogP contribution >= 0.6 is 0 Å². The fourth-order valence-corrected chi connectivity index (χ4v) is 2.69. The molecule has 18 heavy (non-hydrogen) atoms. The summed E-state index contributed by atoms with van der Waals surface area (Å²) in [5.74, 6) is 0. The minimum absolute atomic E-state index is 0.415. The van der Waals surface area contributed by atoms with Crippen molar-refractivity contribution in [2.45, 2.75) is 19.4 Å². The van der Waals surface area contributed by atoms with Crippen LogP contribution in [0.5, 0.6) is 0 Å². The molecular weight excluding hydrogens is 222 g/mol. The Morgan fingerprint density at radius 3 is 2.72 bits per heavy atom. The highest BCUT2D eigenvalue weighted by Gasteiger charge is 2.23. The molecule has 2 N–H and O–H groups in total. The second-order valence-corrected chi connectivity index (χ2v) is 5.28. The molecular formula is C15H25N3. The van der Waals surface area contributed by atoms with E-state index in [1.54, 1.807) is 0 Å². The first-order valence-electron chi connectivity index (χ1n) is 6.90. The SMILES string of the molecule is C=C1CC=C(C)C=CC1N1CCN(CCN)CC1. The zero-order valence-corrected chi connectivity index (χ0v) is 11.4.